The quantitative estimate of drug-likeness (QED) is 0.526. The molecule has 2 aromatic heterocycles. The van der Waals surface area contributed by atoms with Gasteiger partial charge in [-0.1, -0.05) is 12.1 Å². The smallest absolute Gasteiger partial charge is 0.416 e. The van der Waals surface area contributed by atoms with Crippen molar-refractivity contribution in [2.45, 2.75) is 19.1 Å². The first-order chi connectivity index (χ1) is 13.3. The summed E-state index contributed by atoms with van der Waals surface area (Å²) in [7, 11) is 0. The summed E-state index contributed by atoms with van der Waals surface area (Å²) in [5.74, 6) is 0.749. The van der Waals surface area contributed by atoms with E-state index in [1.54, 1.807) is 0 Å². The molecule has 3 N–H and O–H groups in total. The van der Waals surface area contributed by atoms with Crippen LogP contribution in [0.3, 0.4) is 0 Å². The van der Waals surface area contributed by atoms with Gasteiger partial charge < -0.3 is 15.5 Å². The minimum Gasteiger partial charge on any atom is -0.435 e. The normalized spacial score (nSPS) is 13.2. The highest BCUT2D eigenvalue weighted by molar-refractivity contribution is 6.05. The van der Waals surface area contributed by atoms with Gasteiger partial charge in [-0.15, -0.1) is 0 Å². The van der Waals surface area contributed by atoms with Gasteiger partial charge in [0.2, 0.25) is 5.89 Å². The molecule has 0 saturated carbocycles. The molecule has 2 aromatic carbocycles. The Hall–Kier alpha value is -3.13. The van der Waals surface area contributed by atoms with Crippen molar-refractivity contribution in [3.8, 4) is 11.5 Å². The van der Waals surface area contributed by atoms with Crippen LogP contribution >= 0.6 is 0 Å². The highest BCUT2D eigenvalue weighted by Crippen LogP contribution is 2.35. The van der Waals surface area contributed by atoms with E-state index < -0.39 is 11.7 Å². The fraction of sp³-hybridized carbons (Fsp3) is 0.200. The zero-order valence-electron chi connectivity index (χ0n) is 14.9. The average molecular weight is 386 g/mol. The number of rotatable bonds is 4. The highest BCUT2D eigenvalue weighted by Gasteiger charge is 2.30. The lowest BCUT2D eigenvalue weighted by molar-refractivity contribution is -0.137. The number of benzene rings is 2. The first-order valence-electron chi connectivity index (χ1n) is 8.69. The molecule has 0 aliphatic carbocycles. The molecule has 144 valence electrons. The Labute approximate surface area is 158 Å². The maximum Gasteiger partial charge on any atom is 0.416 e. The Morgan fingerprint density at radius 1 is 1.07 bits per heavy atom. The van der Waals surface area contributed by atoms with Gasteiger partial charge in [-0.25, -0.2) is 9.97 Å². The molecule has 0 bridgehead atoms. The molecule has 0 fully saturated rings. The van der Waals surface area contributed by atoms with Crippen LogP contribution in [0.5, 0.6) is 0 Å². The molecule has 0 aliphatic heterocycles. The summed E-state index contributed by atoms with van der Waals surface area (Å²) in [5, 5.41) is 3.94. The molecule has 4 aromatic rings. The molecule has 0 aliphatic rings. The first-order valence-corrected chi connectivity index (χ1v) is 8.69. The van der Waals surface area contributed by atoms with Crippen molar-refractivity contribution in [3.05, 3.63) is 54.1 Å². The van der Waals surface area contributed by atoms with Gasteiger partial charge in [0, 0.05) is 23.5 Å². The van der Waals surface area contributed by atoms with Gasteiger partial charge in [0.25, 0.3) is 0 Å². The number of aromatic nitrogens is 2. The van der Waals surface area contributed by atoms with E-state index in [0.29, 0.717) is 29.0 Å². The van der Waals surface area contributed by atoms with Crippen LogP contribution in [-0.4, -0.2) is 22.6 Å². The van der Waals surface area contributed by atoms with Crippen molar-refractivity contribution in [1.29, 1.82) is 0 Å². The van der Waals surface area contributed by atoms with E-state index in [9.17, 15) is 13.2 Å². The van der Waals surface area contributed by atoms with Crippen LogP contribution in [0.4, 0.5) is 19.0 Å². The molecular weight excluding hydrogens is 369 g/mol. The lowest BCUT2D eigenvalue weighted by Gasteiger charge is -2.09. The number of hydrogen-bond acceptors (Lipinski definition) is 5. The van der Waals surface area contributed by atoms with Crippen LogP contribution < -0.4 is 11.1 Å². The number of oxazole rings is 1. The third kappa shape index (κ3) is 3.38. The summed E-state index contributed by atoms with van der Waals surface area (Å²) in [6, 6.07) is 12.1. The van der Waals surface area contributed by atoms with Crippen LogP contribution in [0, 0.1) is 0 Å². The SMILES string of the molecule is CC(N)CNc1nc2ccccc2c2oc(-c3ccc(C(F)(F)F)cc3)nc12. The van der Waals surface area contributed by atoms with Gasteiger partial charge in [0.15, 0.2) is 16.9 Å². The summed E-state index contributed by atoms with van der Waals surface area (Å²) >= 11 is 0. The minimum atomic E-state index is -4.39. The van der Waals surface area contributed by atoms with E-state index in [4.69, 9.17) is 10.2 Å². The predicted octanol–water partition coefficient (Wildman–Crippen LogP) is 4.82. The lowest BCUT2D eigenvalue weighted by Crippen LogP contribution is -2.25. The number of nitrogens with two attached hydrogens (primary N) is 1. The second-order valence-electron chi connectivity index (χ2n) is 6.61. The molecule has 2 heterocycles. The molecule has 1 unspecified atom stereocenters. The standard InChI is InChI=1S/C20H17F3N4O/c1-11(24)10-25-18-16-17(14-4-2-3-5-15(14)26-18)28-19(27-16)12-6-8-13(9-7-12)20(21,22)23/h2-9,11H,10,24H2,1H3,(H,25,26). The maximum atomic E-state index is 12.8. The monoisotopic (exact) mass is 386 g/mol. The van der Waals surface area contributed by atoms with Crippen molar-refractivity contribution >= 4 is 27.8 Å². The van der Waals surface area contributed by atoms with Crippen LogP contribution in [-0.2, 0) is 6.18 Å². The number of alkyl halides is 3. The fourth-order valence-electron chi connectivity index (χ4n) is 2.91. The van der Waals surface area contributed by atoms with Gasteiger partial charge in [0.1, 0.15) is 0 Å². The molecule has 28 heavy (non-hydrogen) atoms. The van der Waals surface area contributed by atoms with E-state index in [-0.39, 0.29) is 11.9 Å². The Bertz CT molecular complexity index is 1130. The number of anilines is 1. The van der Waals surface area contributed by atoms with Crippen LogP contribution in [0.2, 0.25) is 0 Å². The summed E-state index contributed by atoms with van der Waals surface area (Å²) in [6.45, 7) is 2.35. The number of nitrogens with zero attached hydrogens (tertiary/aromatic N) is 2. The second kappa shape index (κ2) is 6.79. The van der Waals surface area contributed by atoms with Gasteiger partial charge >= 0.3 is 6.18 Å². The van der Waals surface area contributed by atoms with Gasteiger partial charge in [-0.2, -0.15) is 13.2 Å². The molecule has 8 heteroatoms. The van der Waals surface area contributed by atoms with Crippen molar-refractivity contribution in [2.75, 3.05) is 11.9 Å². The highest BCUT2D eigenvalue weighted by atomic mass is 19.4. The van der Waals surface area contributed by atoms with Crippen molar-refractivity contribution < 1.29 is 17.6 Å². The van der Waals surface area contributed by atoms with Gasteiger partial charge in [-0.3, -0.25) is 0 Å². The third-order valence-electron chi connectivity index (χ3n) is 4.28. The zero-order chi connectivity index (χ0) is 19.9. The Morgan fingerprint density at radius 2 is 1.79 bits per heavy atom. The number of para-hydroxylation sites is 1. The number of pyridine rings is 1. The molecule has 4 rings (SSSR count). The van der Waals surface area contributed by atoms with Crippen molar-refractivity contribution in [1.82, 2.24) is 9.97 Å². The predicted molar refractivity (Wildman–Crippen MR) is 102 cm³/mol. The van der Waals surface area contributed by atoms with Crippen LogP contribution in [0.1, 0.15) is 12.5 Å². The van der Waals surface area contributed by atoms with Crippen LogP contribution in [0.25, 0.3) is 33.5 Å². The summed E-state index contributed by atoms with van der Waals surface area (Å²) in [5.41, 5.74) is 7.29. The zero-order valence-corrected chi connectivity index (χ0v) is 14.9. The molecule has 0 radical (unpaired) electrons. The fourth-order valence-corrected chi connectivity index (χ4v) is 2.91. The van der Waals surface area contributed by atoms with E-state index in [2.05, 4.69) is 15.3 Å². The van der Waals surface area contributed by atoms with Crippen molar-refractivity contribution in [3.63, 3.8) is 0 Å². The molecule has 0 spiro atoms. The lowest BCUT2D eigenvalue weighted by atomic mass is 10.1. The minimum absolute atomic E-state index is 0.0930. The van der Waals surface area contributed by atoms with E-state index in [1.807, 2.05) is 31.2 Å². The van der Waals surface area contributed by atoms with E-state index in [0.717, 1.165) is 23.0 Å². The number of nitrogens with one attached hydrogen (secondary N) is 1. The summed E-state index contributed by atoms with van der Waals surface area (Å²) < 4.78 is 44.3. The maximum absolute atomic E-state index is 12.8. The third-order valence-corrected chi connectivity index (χ3v) is 4.28. The van der Waals surface area contributed by atoms with Gasteiger partial charge in [0.05, 0.1) is 11.1 Å². The Kier molecular flexibility index (Phi) is 4.43. The second-order valence-corrected chi connectivity index (χ2v) is 6.61. The Balaban J connectivity index is 1.85. The number of fused-ring (bicyclic) bond motifs is 3. The van der Waals surface area contributed by atoms with E-state index >= 15 is 0 Å². The van der Waals surface area contributed by atoms with Crippen molar-refractivity contribution in [2.24, 2.45) is 5.73 Å². The topological polar surface area (TPSA) is 77.0 Å². The summed E-state index contributed by atoms with van der Waals surface area (Å²) in [6.07, 6.45) is -4.39. The molecular formula is C20H17F3N4O. The Morgan fingerprint density at radius 3 is 2.46 bits per heavy atom. The van der Waals surface area contributed by atoms with E-state index in [1.165, 1.54) is 12.1 Å². The number of halogens is 3. The largest absolute Gasteiger partial charge is 0.435 e. The first kappa shape index (κ1) is 18.2. The average Bonchev–Trinajstić information content (AvgIpc) is 3.11. The summed E-state index contributed by atoms with van der Waals surface area (Å²) in [4.78, 5) is 9.08. The molecule has 0 amide bonds. The molecule has 5 nitrogen and oxygen atoms in total. The molecule has 1 atom stereocenters. The van der Waals surface area contributed by atoms with Crippen LogP contribution in [0.15, 0.2) is 52.9 Å². The number of hydrogen-bond donors (Lipinski definition) is 2. The molecule has 0 saturated heterocycles. The van der Waals surface area contributed by atoms with Gasteiger partial charge in [-0.05, 0) is 43.3 Å².